The van der Waals surface area contributed by atoms with Crippen LogP contribution in [0.4, 0.5) is 0 Å². The van der Waals surface area contributed by atoms with Crippen LogP contribution < -0.4 is 4.74 Å². The molecule has 0 saturated heterocycles. The van der Waals surface area contributed by atoms with E-state index in [1.54, 1.807) is 6.07 Å². The minimum absolute atomic E-state index is 0.403. The maximum atomic E-state index is 8.68. The third-order valence-electron chi connectivity index (χ3n) is 1.89. The lowest BCUT2D eigenvalue weighted by atomic mass is 10.2. The van der Waals surface area contributed by atoms with Gasteiger partial charge in [0, 0.05) is 4.47 Å². The molecular formula is C10H8BrNO. The van der Waals surface area contributed by atoms with Crippen LogP contribution in [0.3, 0.4) is 0 Å². The molecule has 1 aromatic rings. The number of nitriles is 1. The Bertz CT molecular complexity index is 366. The zero-order valence-corrected chi connectivity index (χ0v) is 8.54. The van der Waals surface area contributed by atoms with E-state index in [1.807, 2.05) is 12.1 Å². The summed E-state index contributed by atoms with van der Waals surface area (Å²) in [5.41, 5.74) is 0.642. The van der Waals surface area contributed by atoms with Crippen LogP contribution in [0.2, 0.25) is 0 Å². The molecule has 1 saturated carbocycles. The highest BCUT2D eigenvalue weighted by Crippen LogP contribution is 2.29. The minimum Gasteiger partial charge on any atom is -0.490 e. The fraction of sp³-hybridized carbons (Fsp3) is 0.300. The molecule has 2 rings (SSSR count). The van der Waals surface area contributed by atoms with Crippen molar-refractivity contribution in [2.45, 2.75) is 18.9 Å². The minimum atomic E-state index is 0.403. The molecule has 3 heteroatoms. The van der Waals surface area contributed by atoms with Crippen LogP contribution in [0.5, 0.6) is 5.75 Å². The molecular weight excluding hydrogens is 230 g/mol. The number of nitrogens with zero attached hydrogens (tertiary/aromatic N) is 1. The van der Waals surface area contributed by atoms with Crippen LogP contribution in [0.1, 0.15) is 18.4 Å². The molecule has 1 fully saturated rings. The lowest BCUT2D eigenvalue weighted by Crippen LogP contribution is -1.95. The number of halogens is 1. The van der Waals surface area contributed by atoms with Crippen molar-refractivity contribution in [2.75, 3.05) is 0 Å². The molecule has 0 aliphatic heterocycles. The van der Waals surface area contributed by atoms with E-state index in [-0.39, 0.29) is 0 Å². The number of hydrogen-bond donors (Lipinski definition) is 0. The second kappa shape index (κ2) is 3.39. The summed E-state index contributed by atoms with van der Waals surface area (Å²) in [6.07, 6.45) is 2.70. The lowest BCUT2D eigenvalue weighted by molar-refractivity contribution is 0.303. The molecule has 1 aromatic carbocycles. The van der Waals surface area contributed by atoms with E-state index in [1.165, 1.54) is 0 Å². The Balaban J connectivity index is 2.19. The lowest BCUT2D eigenvalue weighted by Gasteiger charge is -2.04. The van der Waals surface area contributed by atoms with Gasteiger partial charge in [-0.3, -0.25) is 0 Å². The predicted molar refractivity (Wildman–Crippen MR) is 52.5 cm³/mol. The quantitative estimate of drug-likeness (QED) is 0.793. The molecule has 2 nitrogen and oxygen atoms in total. The SMILES string of the molecule is N#Cc1ccc(OC2CC2)cc1Br. The molecule has 13 heavy (non-hydrogen) atoms. The summed E-state index contributed by atoms with van der Waals surface area (Å²) >= 11 is 3.32. The monoisotopic (exact) mass is 237 g/mol. The second-order valence-electron chi connectivity index (χ2n) is 3.07. The fourth-order valence-electron chi connectivity index (χ4n) is 1.04. The van der Waals surface area contributed by atoms with Gasteiger partial charge in [0.2, 0.25) is 0 Å². The maximum Gasteiger partial charge on any atom is 0.120 e. The van der Waals surface area contributed by atoms with Crippen molar-refractivity contribution in [1.82, 2.24) is 0 Å². The average molecular weight is 238 g/mol. The summed E-state index contributed by atoms with van der Waals surface area (Å²) in [5.74, 6) is 0.841. The summed E-state index contributed by atoms with van der Waals surface area (Å²) in [4.78, 5) is 0. The van der Waals surface area contributed by atoms with Crippen molar-refractivity contribution in [3.63, 3.8) is 0 Å². The van der Waals surface area contributed by atoms with Gasteiger partial charge in [-0.2, -0.15) is 5.26 Å². The van der Waals surface area contributed by atoms with E-state index in [0.29, 0.717) is 11.7 Å². The molecule has 0 amide bonds. The van der Waals surface area contributed by atoms with Gasteiger partial charge in [-0.1, -0.05) is 0 Å². The molecule has 1 aliphatic rings. The Morgan fingerprint density at radius 3 is 2.77 bits per heavy atom. The molecule has 1 aliphatic carbocycles. The molecule has 0 heterocycles. The highest BCUT2D eigenvalue weighted by Gasteiger charge is 2.23. The molecule has 66 valence electrons. The van der Waals surface area contributed by atoms with Gasteiger partial charge in [-0.25, -0.2) is 0 Å². The normalized spacial score (nSPS) is 15.1. The topological polar surface area (TPSA) is 33.0 Å². The molecule has 0 unspecified atom stereocenters. The first-order valence-corrected chi connectivity index (χ1v) is 4.95. The summed E-state index contributed by atoms with van der Waals surface area (Å²) in [6, 6.07) is 7.53. The van der Waals surface area contributed by atoms with Crippen LogP contribution in [0.15, 0.2) is 22.7 Å². The van der Waals surface area contributed by atoms with Gasteiger partial charge in [0.15, 0.2) is 0 Å². The van der Waals surface area contributed by atoms with Crippen molar-refractivity contribution >= 4 is 15.9 Å². The number of ether oxygens (including phenoxy) is 1. The Morgan fingerprint density at radius 2 is 2.23 bits per heavy atom. The zero-order chi connectivity index (χ0) is 9.26. The Labute approximate surface area is 85.3 Å². The van der Waals surface area contributed by atoms with Crippen LogP contribution >= 0.6 is 15.9 Å². The Hall–Kier alpha value is -1.01. The molecule has 0 aromatic heterocycles. The van der Waals surface area contributed by atoms with E-state index < -0.39 is 0 Å². The van der Waals surface area contributed by atoms with E-state index in [2.05, 4.69) is 22.0 Å². The fourth-order valence-corrected chi connectivity index (χ4v) is 1.48. The first-order valence-electron chi connectivity index (χ1n) is 4.16. The van der Waals surface area contributed by atoms with Crippen molar-refractivity contribution in [3.05, 3.63) is 28.2 Å². The first-order chi connectivity index (χ1) is 6.29. The van der Waals surface area contributed by atoms with Gasteiger partial charge in [0.05, 0.1) is 11.7 Å². The van der Waals surface area contributed by atoms with Crippen molar-refractivity contribution < 1.29 is 4.74 Å². The first kappa shape index (κ1) is 8.58. The number of benzene rings is 1. The van der Waals surface area contributed by atoms with Gasteiger partial charge in [0.25, 0.3) is 0 Å². The second-order valence-corrected chi connectivity index (χ2v) is 3.93. The van der Waals surface area contributed by atoms with Gasteiger partial charge in [-0.05, 0) is 47.0 Å². The van der Waals surface area contributed by atoms with Crippen LogP contribution in [-0.2, 0) is 0 Å². The maximum absolute atomic E-state index is 8.68. The summed E-state index contributed by atoms with van der Waals surface area (Å²) in [5, 5.41) is 8.68. The molecule has 0 bridgehead atoms. The highest BCUT2D eigenvalue weighted by atomic mass is 79.9. The van der Waals surface area contributed by atoms with Gasteiger partial charge < -0.3 is 4.74 Å². The Morgan fingerprint density at radius 1 is 1.46 bits per heavy atom. The number of hydrogen-bond acceptors (Lipinski definition) is 2. The molecule has 0 radical (unpaired) electrons. The van der Waals surface area contributed by atoms with Crippen LogP contribution in [0, 0.1) is 11.3 Å². The van der Waals surface area contributed by atoms with Crippen molar-refractivity contribution in [1.29, 1.82) is 5.26 Å². The molecule has 0 N–H and O–H groups in total. The Kier molecular flexibility index (Phi) is 2.24. The van der Waals surface area contributed by atoms with Gasteiger partial charge in [-0.15, -0.1) is 0 Å². The summed E-state index contributed by atoms with van der Waals surface area (Å²) in [7, 11) is 0. The average Bonchev–Trinajstić information content (AvgIpc) is 2.89. The van der Waals surface area contributed by atoms with Gasteiger partial charge >= 0.3 is 0 Å². The van der Waals surface area contributed by atoms with Crippen LogP contribution in [-0.4, -0.2) is 6.10 Å². The number of rotatable bonds is 2. The van der Waals surface area contributed by atoms with Crippen molar-refractivity contribution in [2.24, 2.45) is 0 Å². The zero-order valence-electron chi connectivity index (χ0n) is 6.96. The molecule has 0 atom stereocenters. The standard InChI is InChI=1S/C10H8BrNO/c11-10-5-9(13-8-3-4-8)2-1-7(10)6-12/h1-2,5,8H,3-4H2. The van der Waals surface area contributed by atoms with Crippen molar-refractivity contribution in [3.8, 4) is 11.8 Å². The highest BCUT2D eigenvalue weighted by molar-refractivity contribution is 9.10. The molecule has 0 spiro atoms. The third kappa shape index (κ3) is 2.02. The van der Waals surface area contributed by atoms with Gasteiger partial charge in [0.1, 0.15) is 11.8 Å². The summed E-state index contributed by atoms with van der Waals surface area (Å²) < 4.78 is 6.37. The van der Waals surface area contributed by atoms with Crippen LogP contribution in [0.25, 0.3) is 0 Å². The largest absolute Gasteiger partial charge is 0.490 e. The third-order valence-corrected chi connectivity index (χ3v) is 2.54. The van der Waals surface area contributed by atoms with E-state index in [0.717, 1.165) is 23.1 Å². The predicted octanol–water partition coefficient (Wildman–Crippen LogP) is 2.86. The van der Waals surface area contributed by atoms with E-state index in [9.17, 15) is 0 Å². The van der Waals surface area contributed by atoms with E-state index in [4.69, 9.17) is 10.00 Å². The summed E-state index contributed by atoms with van der Waals surface area (Å²) in [6.45, 7) is 0. The van der Waals surface area contributed by atoms with E-state index >= 15 is 0 Å². The smallest absolute Gasteiger partial charge is 0.120 e.